The van der Waals surface area contributed by atoms with Gasteiger partial charge in [-0.3, -0.25) is 10.3 Å². The maximum Gasteiger partial charge on any atom is 0.320 e. The summed E-state index contributed by atoms with van der Waals surface area (Å²) >= 11 is 0. The Morgan fingerprint density at radius 3 is 2.77 bits per heavy atom. The van der Waals surface area contributed by atoms with Gasteiger partial charge < -0.3 is 5.32 Å². The number of hydrogen-bond acceptors (Lipinski definition) is 4. The summed E-state index contributed by atoms with van der Waals surface area (Å²) in [6.45, 7) is 2.41. The van der Waals surface area contributed by atoms with E-state index in [0.29, 0.717) is 18.0 Å². The molecule has 0 atom stereocenters. The quantitative estimate of drug-likeness (QED) is 0.778. The minimum atomic E-state index is -0.280. The van der Waals surface area contributed by atoms with Gasteiger partial charge in [0, 0.05) is 29.9 Å². The highest BCUT2D eigenvalue weighted by molar-refractivity contribution is 5.89. The summed E-state index contributed by atoms with van der Waals surface area (Å²) in [5, 5.41) is 6.25. The zero-order valence-corrected chi connectivity index (χ0v) is 12.1. The number of nitrogens with zero attached hydrogens (tertiary/aromatic N) is 3. The first kappa shape index (κ1) is 13.9. The number of carbonyl (C=O) groups is 1. The van der Waals surface area contributed by atoms with E-state index in [1.807, 2.05) is 37.3 Å². The summed E-state index contributed by atoms with van der Waals surface area (Å²) in [5.41, 5.74) is 2.30. The third kappa shape index (κ3) is 3.01. The molecule has 3 heterocycles. The average Bonchev–Trinajstić information content (AvgIpc) is 2.55. The van der Waals surface area contributed by atoms with Crippen molar-refractivity contribution in [2.45, 2.75) is 6.92 Å². The molecular formula is C16H15N5O. The molecule has 0 aromatic carbocycles. The van der Waals surface area contributed by atoms with Crippen LogP contribution in [0.25, 0.3) is 22.3 Å². The fraction of sp³-hybridized carbons (Fsp3) is 0.125. The summed E-state index contributed by atoms with van der Waals surface area (Å²) in [7, 11) is 0. The second-order valence-corrected chi connectivity index (χ2v) is 4.67. The van der Waals surface area contributed by atoms with Crippen LogP contribution in [-0.4, -0.2) is 27.5 Å². The van der Waals surface area contributed by atoms with Gasteiger partial charge in [0.2, 0.25) is 0 Å². The molecule has 0 saturated carbocycles. The van der Waals surface area contributed by atoms with Crippen LogP contribution in [0.5, 0.6) is 0 Å². The number of anilines is 1. The third-order valence-corrected chi connectivity index (χ3v) is 3.09. The SMILES string of the molecule is CCNC(=O)Nc1ccc2ccc(-c3cccnc3)nc2n1. The second-order valence-electron chi connectivity index (χ2n) is 4.67. The molecule has 0 unspecified atom stereocenters. The van der Waals surface area contributed by atoms with Gasteiger partial charge in [0.1, 0.15) is 5.82 Å². The smallest absolute Gasteiger partial charge is 0.320 e. The van der Waals surface area contributed by atoms with Crippen molar-refractivity contribution in [3.63, 3.8) is 0 Å². The third-order valence-electron chi connectivity index (χ3n) is 3.09. The number of aromatic nitrogens is 3. The first-order valence-electron chi connectivity index (χ1n) is 6.99. The molecule has 110 valence electrons. The molecule has 0 aliphatic carbocycles. The van der Waals surface area contributed by atoms with E-state index in [4.69, 9.17) is 0 Å². The van der Waals surface area contributed by atoms with Gasteiger partial charge in [-0.05, 0) is 43.3 Å². The van der Waals surface area contributed by atoms with Crippen LogP contribution in [0.4, 0.5) is 10.6 Å². The van der Waals surface area contributed by atoms with E-state index in [1.165, 1.54) is 0 Å². The summed E-state index contributed by atoms with van der Waals surface area (Å²) in [6, 6.07) is 11.0. The first-order valence-corrected chi connectivity index (χ1v) is 6.99. The van der Waals surface area contributed by atoms with E-state index >= 15 is 0 Å². The Kier molecular flexibility index (Phi) is 3.91. The minimum absolute atomic E-state index is 0.280. The van der Waals surface area contributed by atoms with Crippen LogP contribution in [0.1, 0.15) is 6.92 Å². The zero-order valence-electron chi connectivity index (χ0n) is 12.1. The van der Waals surface area contributed by atoms with Crippen LogP contribution >= 0.6 is 0 Å². The molecule has 22 heavy (non-hydrogen) atoms. The highest BCUT2D eigenvalue weighted by Gasteiger charge is 2.05. The second kappa shape index (κ2) is 6.17. The van der Waals surface area contributed by atoms with Crippen LogP contribution in [0, 0.1) is 0 Å². The highest BCUT2D eigenvalue weighted by atomic mass is 16.2. The molecule has 6 nitrogen and oxygen atoms in total. The number of nitrogens with one attached hydrogen (secondary N) is 2. The van der Waals surface area contributed by atoms with Gasteiger partial charge in [-0.15, -0.1) is 0 Å². The van der Waals surface area contributed by atoms with E-state index in [9.17, 15) is 4.79 Å². The number of carbonyl (C=O) groups excluding carboxylic acids is 1. The molecule has 2 N–H and O–H groups in total. The van der Waals surface area contributed by atoms with Crippen molar-refractivity contribution in [2.75, 3.05) is 11.9 Å². The van der Waals surface area contributed by atoms with Gasteiger partial charge in [-0.1, -0.05) is 0 Å². The van der Waals surface area contributed by atoms with Crippen molar-refractivity contribution >= 4 is 22.9 Å². The Morgan fingerprint density at radius 1 is 1.14 bits per heavy atom. The zero-order chi connectivity index (χ0) is 15.4. The van der Waals surface area contributed by atoms with Gasteiger partial charge in [0.25, 0.3) is 0 Å². The van der Waals surface area contributed by atoms with Gasteiger partial charge in [-0.2, -0.15) is 0 Å². The average molecular weight is 293 g/mol. The van der Waals surface area contributed by atoms with Crippen LogP contribution in [0.15, 0.2) is 48.8 Å². The number of pyridine rings is 3. The Morgan fingerprint density at radius 2 is 2.00 bits per heavy atom. The van der Waals surface area contributed by atoms with E-state index in [-0.39, 0.29) is 6.03 Å². The fourth-order valence-corrected chi connectivity index (χ4v) is 2.06. The minimum Gasteiger partial charge on any atom is -0.338 e. The Balaban J connectivity index is 1.94. The van der Waals surface area contributed by atoms with Crippen LogP contribution in [0.2, 0.25) is 0 Å². The predicted molar refractivity (Wildman–Crippen MR) is 85.5 cm³/mol. The van der Waals surface area contributed by atoms with Crippen LogP contribution in [0.3, 0.4) is 0 Å². The summed E-state index contributed by atoms with van der Waals surface area (Å²) < 4.78 is 0. The number of urea groups is 1. The lowest BCUT2D eigenvalue weighted by atomic mass is 10.1. The molecule has 6 heteroatoms. The standard InChI is InChI=1S/C16H15N5O/c1-2-18-16(22)21-14-8-6-11-5-7-13(19-15(11)20-14)12-4-3-9-17-10-12/h3-10H,2H2,1H3,(H2,18,19,20,21,22). The van der Waals surface area contributed by atoms with Crippen molar-refractivity contribution in [1.29, 1.82) is 0 Å². The van der Waals surface area contributed by atoms with E-state index in [1.54, 1.807) is 18.5 Å². The molecular weight excluding hydrogens is 278 g/mol. The summed E-state index contributed by atoms with van der Waals surface area (Å²) in [5.74, 6) is 0.467. The highest BCUT2D eigenvalue weighted by Crippen LogP contribution is 2.20. The molecule has 0 fully saturated rings. The summed E-state index contributed by atoms with van der Waals surface area (Å²) in [6.07, 6.45) is 3.47. The molecule has 3 rings (SSSR count). The van der Waals surface area contributed by atoms with Gasteiger partial charge in [0.15, 0.2) is 5.65 Å². The molecule has 0 radical (unpaired) electrons. The maximum atomic E-state index is 11.5. The van der Waals surface area contributed by atoms with Crippen molar-refractivity contribution in [3.8, 4) is 11.3 Å². The van der Waals surface area contributed by atoms with Crippen LogP contribution < -0.4 is 10.6 Å². The first-order chi connectivity index (χ1) is 10.8. The van der Waals surface area contributed by atoms with Crippen molar-refractivity contribution in [3.05, 3.63) is 48.8 Å². The number of fused-ring (bicyclic) bond motifs is 1. The van der Waals surface area contributed by atoms with Crippen molar-refractivity contribution in [2.24, 2.45) is 0 Å². The Hall–Kier alpha value is -3.02. The Bertz CT molecular complexity index is 804. The van der Waals surface area contributed by atoms with Crippen LogP contribution in [-0.2, 0) is 0 Å². The van der Waals surface area contributed by atoms with Gasteiger partial charge >= 0.3 is 6.03 Å². The number of rotatable bonds is 3. The molecule has 3 aromatic rings. The van der Waals surface area contributed by atoms with E-state index < -0.39 is 0 Å². The Labute approximate surface area is 127 Å². The topological polar surface area (TPSA) is 79.8 Å². The normalized spacial score (nSPS) is 10.4. The van der Waals surface area contributed by atoms with E-state index in [0.717, 1.165) is 16.6 Å². The molecule has 2 amide bonds. The monoisotopic (exact) mass is 293 g/mol. The lowest BCUT2D eigenvalue weighted by molar-refractivity contribution is 0.252. The molecule has 3 aromatic heterocycles. The van der Waals surface area contributed by atoms with Crippen molar-refractivity contribution in [1.82, 2.24) is 20.3 Å². The maximum absolute atomic E-state index is 11.5. The summed E-state index contributed by atoms with van der Waals surface area (Å²) in [4.78, 5) is 24.6. The van der Waals surface area contributed by atoms with Crippen molar-refractivity contribution < 1.29 is 4.79 Å². The predicted octanol–water partition coefficient (Wildman–Crippen LogP) is 2.83. The largest absolute Gasteiger partial charge is 0.338 e. The van der Waals surface area contributed by atoms with E-state index in [2.05, 4.69) is 25.6 Å². The molecule has 0 spiro atoms. The lowest BCUT2D eigenvalue weighted by Gasteiger charge is -2.07. The van der Waals surface area contributed by atoms with Gasteiger partial charge in [0.05, 0.1) is 5.69 Å². The lowest BCUT2D eigenvalue weighted by Crippen LogP contribution is -2.28. The molecule has 0 bridgehead atoms. The fourth-order valence-electron chi connectivity index (χ4n) is 2.06. The number of hydrogen-bond donors (Lipinski definition) is 2. The number of amides is 2. The van der Waals surface area contributed by atoms with Gasteiger partial charge in [-0.25, -0.2) is 14.8 Å². The molecule has 0 aliphatic heterocycles. The molecule has 0 aliphatic rings. The molecule has 0 saturated heterocycles.